The predicted octanol–water partition coefficient (Wildman–Crippen LogP) is 2.08. The first-order chi connectivity index (χ1) is 13.9. The molecule has 0 radical (unpaired) electrons. The van der Waals surface area contributed by atoms with Crippen molar-refractivity contribution >= 4 is 24.3 Å². The second-order valence-electron chi connectivity index (χ2n) is 5.72. The molecule has 0 spiro atoms. The fourth-order valence-corrected chi connectivity index (χ4v) is 2.85. The maximum absolute atomic E-state index is 12.2. The lowest BCUT2D eigenvalue weighted by Crippen LogP contribution is -2.21. The van der Waals surface area contributed by atoms with Crippen molar-refractivity contribution < 1.29 is 19.7 Å². The van der Waals surface area contributed by atoms with Crippen molar-refractivity contribution in [3.05, 3.63) is 74.8 Å². The number of para-hydroxylation sites is 3. The molecular weight excluding hydrogens is 396 g/mol. The first kappa shape index (κ1) is 19.8. The van der Waals surface area contributed by atoms with E-state index in [-0.39, 0.29) is 21.6 Å². The van der Waals surface area contributed by atoms with Crippen LogP contribution in [0.5, 0.6) is 17.4 Å². The van der Waals surface area contributed by atoms with Crippen LogP contribution in [-0.4, -0.2) is 39.0 Å². The molecule has 3 rings (SSSR count). The van der Waals surface area contributed by atoms with Crippen molar-refractivity contribution in [2.75, 3.05) is 7.11 Å². The first-order valence-electron chi connectivity index (χ1n) is 8.27. The molecule has 0 aliphatic heterocycles. The van der Waals surface area contributed by atoms with E-state index in [4.69, 9.17) is 17.0 Å². The van der Waals surface area contributed by atoms with Gasteiger partial charge in [0.25, 0.3) is 11.5 Å². The lowest BCUT2D eigenvalue weighted by molar-refractivity contribution is 0.0952. The summed E-state index contributed by atoms with van der Waals surface area (Å²) in [4.78, 5) is 26.7. The minimum atomic E-state index is -0.695. The third-order valence-corrected chi connectivity index (χ3v) is 4.24. The van der Waals surface area contributed by atoms with Crippen LogP contribution in [0.15, 0.2) is 58.4 Å². The molecular formula is C19H16N4O5S. The smallest absolute Gasteiger partial charge is 0.275 e. The second kappa shape index (κ2) is 8.40. The molecule has 10 heteroatoms. The van der Waals surface area contributed by atoms with E-state index in [1.54, 1.807) is 36.4 Å². The Labute approximate surface area is 169 Å². The molecule has 4 N–H and O–H groups in total. The number of aromatic hydroxyl groups is 2. The maximum Gasteiger partial charge on any atom is 0.275 e. The van der Waals surface area contributed by atoms with Gasteiger partial charge in [-0.1, -0.05) is 24.3 Å². The normalized spacial score (nSPS) is 10.8. The number of nitrogens with zero attached hydrogens (tertiary/aromatic N) is 2. The minimum absolute atomic E-state index is 0.00720. The van der Waals surface area contributed by atoms with Gasteiger partial charge < -0.3 is 14.9 Å². The van der Waals surface area contributed by atoms with Gasteiger partial charge in [-0.25, -0.2) is 5.43 Å². The van der Waals surface area contributed by atoms with Crippen molar-refractivity contribution in [2.45, 2.75) is 0 Å². The second-order valence-corrected chi connectivity index (χ2v) is 6.11. The van der Waals surface area contributed by atoms with Crippen molar-refractivity contribution in [1.29, 1.82) is 0 Å². The molecule has 0 aliphatic carbocycles. The number of rotatable bonds is 5. The number of hydrazone groups is 1. The Morgan fingerprint density at radius 3 is 2.62 bits per heavy atom. The number of phenolic OH excluding ortho intramolecular Hbond substituents is 1. The highest BCUT2D eigenvalue weighted by molar-refractivity contribution is 7.71. The molecule has 0 bridgehead atoms. The van der Waals surface area contributed by atoms with Gasteiger partial charge in [-0.05, 0) is 36.5 Å². The van der Waals surface area contributed by atoms with Crippen molar-refractivity contribution in [2.24, 2.45) is 5.10 Å². The van der Waals surface area contributed by atoms with Crippen LogP contribution in [0.1, 0.15) is 15.9 Å². The molecule has 0 aliphatic rings. The van der Waals surface area contributed by atoms with Gasteiger partial charge in [0.15, 0.2) is 4.77 Å². The Balaban J connectivity index is 1.98. The minimum Gasteiger partial charge on any atom is -0.507 e. The molecule has 1 aromatic heterocycles. The fourth-order valence-electron chi connectivity index (χ4n) is 2.57. The molecule has 148 valence electrons. The maximum atomic E-state index is 12.2. The number of phenols is 1. The third kappa shape index (κ3) is 4.01. The van der Waals surface area contributed by atoms with Crippen LogP contribution in [0.4, 0.5) is 0 Å². The number of aromatic nitrogens is 2. The SMILES string of the molecule is COc1ccccc1-n1c(O)c(C=NNC(=O)c2ccccc2O)c(=O)[nH]c1=S. The van der Waals surface area contributed by atoms with Crippen LogP contribution >= 0.6 is 12.2 Å². The molecule has 0 saturated carbocycles. The van der Waals surface area contributed by atoms with Crippen LogP contribution in [0.25, 0.3) is 5.69 Å². The summed E-state index contributed by atoms with van der Waals surface area (Å²) in [6, 6.07) is 12.7. The largest absolute Gasteiger partial charge is 0.507 e. The Hall–Kier alpha value is -3.92. The van der Waals surface area contributed by atoms with E-state index in [0.29, 0.717) is 11.4 Å². The summed E-state index contributed by atoms with van der Waals surface area (Å²) in [6.45, 7) is 0. The molecule has 0 atom stereocenters. The van der Waals surface area contributed by atoms with E-state index in [2.05, 4.69) is 15.5 Å². The molecule has 0 fully saturated rings. The van der Waals surface area contributed by atoms with Crippen LogP contribution in [0.3, 0.4) is 0 Å². The van der Waals surface area contributed by atoms with E-state index in [9.17, 15) is 19.8 Å². The Morgan fingerprint density at radius 2 is 1.90 bits per heavy atom. The van der Waals surface area contributed by atoms with Crippen LogP contribution in [-0.2, 0) is 0 Å². The highest BCUT2D eigenvalue weighted by atomic mass is 32.1. The lowest BCUT2D eigenvalue weighted by atomic mass is 10.2. The lowest BCUT2D eigenvalue weighted by Gasteiger charge is -2.14. The highest BCUT2D eigenvalue weighted by Crippen LogP contribution is 2.26. The zero-order valence-electron chi connectivity index (χ0n) is 15.1. The number of ether oxygens (including phenoxy) is 1. The number of hydrogen-bond donors (Lipinski definition) is 4. The average molecular weight is 412 g/mol. The summed E-state index contributed by atoms with van der Waals surface area (Å²) >= 11 is 5.16. The summed E-state index contributed by atoms with van der Waals surface area (Å²) in [7, 11) is 1.46. The summed E-state index contributed by atoms with van der Waals surface area (Å²) in [5.74, 6) is -0.969. The summed E-state index contributed by atoms with van der Waals surface area (Å²) < 4.78 is 6.43. The molecule has 0 unspecified atom stereocenters. The van der Waals surface area contributed by atoms with E-state index in [1.807, 2.05) is 0 Å². The number of nitrogens with one attached hydrogen (secondary N) is 2. The van der Waals surface area contributed by atoms with Gasteiger partial charge in [0.05, 0.1) is 24.6 Å². The quantitative estimate of drug-likeness (QED) is 0.288. The van der Waals surface area contributed by atoms with Crippen molar-refractivity contribution in [3.63, 3.8) is 0 Å². The van der Waals surface area contributed by atoms with Crippen LogP contribution in [0.2, 0.25) is 0 Å². The Bertz CT molecular complexity index is 1220. The van der Waals surface area contributed by atoms with Gasteiger partial charge >= 0.3 is 0 Å². The van der Waals surface area contributed by atoms with E-state index < -0.39 is 17.3 Å². The fraction of sp³-hybridized carbons (Fsp3) is 0.0526. The monoisotopic (exact) mass is 412 g/mol. The molecule has 29 heavy (non-hydrogen) atoms. The van der Waals surface area contributed by atoms with Gasteiger partial charge in [-0.2, -0.15) is 5.10 Å². The van der Waals surface area contributed by atoms with Crippen LogP contribution < -0.4 is 15.7 Å². The molecule has 1 heterocycles. The van der Waals surface area contributed by atoms with E-state index in [1.165, 1.54) is 23.8 Å². The number of methoxy groups -OCH3 is 1. The standard InChI is InChI=1S/C19H16N4O5S/c1-28-15-9-5-3-7-13(15)23-18(27)12(16(25)21-19(23)29)10-20-22-17(26)11-6-2-4-8-14(11)24/h2-10,24,27H,1H3,(H,22,26)(H,21,25,29). The first-order valence-corrected chi connectivity index (χ1v) is 8.68. The van der Waals surface area contributed by atoms with Gasteiger partial charge in [0.1, 0.15) is 17.1 Å². The van der Waals surface area contributed by atoms with E-state index in [0.717, 1.165) is 6.21 Å². The number of aromatic amines is 1. The number of benzene rings is 2. The number of hydrogen-bond acceptors (Lipinski definition) is 7. The highest BCUT2D eigenvalue weighted by Gasteiger charge is 2.16. The number of carbonyl (C=O) groups excluding carboxylic acids is 1. The molecule has 9 nitrogen and oxygen atoms in total. The van der Waals surface area contributed by atoms with Crippen molar-refractivity contribution in [3.8, 4) is 23.1 Å². The van der Waals surface area contributed by atoms with Gasteiger partial charge in [0.2, 0.25) is 5.88 Å². The van der Waals surface area contributed by atoms with E-state index >= 15 is 0 Å². The topological polar surface area (TPSA) is 129 Å². The molecule has 0 saturated heterocycles. The summed E-state index contributed by atoms with van der Waals surface area (Å²) in [5, 5.41) is 24.0. The molecule has 3 aromatic rings. The zero-order chi connectivity index (χ0) is 21.0. The molecule has 2 aromatic carbocycles. The third-order valence-electron chi connectivity index (χ3n) is 3.96. The summed E-state index contributed by atoms with van der Waals surface area (Å²) in [5.41, 5.74) is 1.67. The Morgan fingerprint density at radius 1 is 1.21 bits per heavy atom. The Kier molecular flexibility index (Phi) is 5.74. The number of H-pyrrole nitrogens is 1. The zero-order valence-corrected chi connectivity index (χ0v) is 15.9. The average Bonchev–Trinajstić information content (AvgIpc) is 2.70. The number of carbonyl (C=O) groups is 1. The van der Waals surface area contributed by atoms with Crippen molar-refractivity contribution in [1.82, 2.24) is 15.0 Å². The predicted molar refractivity (Wildman–Crippen MR) is 109 cm³/mol. The van der Waals surface area contributed by atoms with Gasteiger partial charge in [0, 0.05) is 0 Å². The summed E-state index contributed by atoms with van der Waals surface area (Å²) in [6.07, 6.45) is 0.979. The van der Waals surface area contributed by atoms with Crippen LogP contribution in [0, 0.1) is 4.77 Å². The van der Waals surface area contributed by atoms with Gasteiger partial charge in [-0.3, -0.25) is 19.1 Å². The number of amides is 1. The molecule has 1 amide bonds. The van der Waals surface area contributed by atoms with Gasteiger partial charge in [-0.15, -0.1) is 0 Å².